The molecule has 0 spiro atoms. The molecule has 0 atom stereocenters. The standard InChI is InChI=1S/C7H12FN/c8-4-7-1-6(2-7)3-9-5-7/h6,9H,1-5H2. The van der Waals surface area contributed by atoms with Crippen molar-refractivity contribution in [2.24, 2.45) is 11.3 Å². The molecule has 0 aromatic heterocycles. The highest BCUT2D eigenvalue weighted by atomic mass is 19.1. The van der Waals surface area contributed by atoms with E-state index in [4.69, 9.17) is 0 Å². The second-order valence-electron chi connectivity index (χ2n) is 3.54. The van der Waals surface area contributed by atoms with Crippen LogP contribution in [0.2, 0.25) is 0 Å². The summed E-state index contributed by atoms with van der Waals surface area (Å²) in [5.74, 6) is 0.800. The summed E-state index contributed by atoms with van der Waals surface area (Å²) in [7, 11) is 0. The molecule has 2 heterocycles. The van der Waals surface area contributed by atoms with Crippen molar-refractivity contribution in [1.82, 2.24) is 5.32 Å². The highest BCUT2D eigenvalue weighted by Gasteiger charge is 2.46. The topological polar surface area (TPSA) is 12.0 Å². The highest BCUT2D eigenvalue weighted by Crippen LogP contribution is 2.47. The maximum Gasteiger partial charge on any atom is 0.0963 e. The quantitative estimate of drug-likeness (QED) is 0.556. The van der Waals surface area contributed by atoms with Crippen LogP contribution in [0.25, 0.3) is 0 Å². The van der Waals surface area contributed by atoms with Crippen LogP contribution in [-0.2, 0) is 0 Å². The molecule has 0 aromatic rings. The second kappa shape index (κ2) is 1.69. The Morgan fingerprint density at radius 3 is 2.67 bits per heavy atom. The van der Waals surface area contributed by atoms with Gasteiger partial charge < -0.3 is 5.32 Å². The lowest BCUT2D eigenvalue weighted by Crippen LogP contribution is -2.55. The van der Waals surface area contributed by atoms with E-state index < -0.39 is 0 Å². The second-order valence-corrected chi connectivity index (χ2v) is 3.54. The molecule has 2 aliphatic heterocycles. The average Bonchev–Trinajstić information content (AvgIpc) is 1.88. The van der Waals surface area contributed by atoms with Crippen LogP contribution < -0.4 is 5.32 Å². The molecule has 2 saturated heterocycles. The largest absolute Gasteiger partial charge is 0.316 e. The fourth-order valence-corrected chi connectivity index (χ4v) is 2.15. The van der Waals surface area contributed by atoms with Crippen LogP contribution in [-0.4, -0.2) is 19.8 Å². The van der Waals surface area contributed by atoms with Crippen LogP contribution in [0, 0.1) is 11.3 Å². The Bertz CT molecular complexity index is 113. The van der Waals surface area contributed by atoms with Crippen molar-refractivity contribution in [2.45, 2.75) is 12.8 Å². The lowest BCUT2D eigenvalue weighted by molar-refractivity contribution is -0.00743. The molecular weight excluding hydrogens is 117 g/mol. The summed E-state index contributed by atoms with van der Waals surface area (Å²) in [4.78, 5) is 0. The smallest absolute Gasteiger partial charge is 0.0963 e. The molecule has 3 rings (SSSR count). The number of halogens is 1. The van der Waals surface area contributed by atoms with Gasteiger partial charge in [-0.3, -0.25) is 4.39 Å². The molecule has 52 valence electrons. The molecule has 0 aromatic carbocycles. The van der Waals surface area contributed by atoms with Gasteiger partial charge in [0.25, 0.3) is 0 Å². The van der Waals surface area contributed by atoms with Crippen molar-refractivity contribution >= 4 is 0 Å². The van der Waals surface area contributed by atoms with Crippen LogP contribution in [0.15, 0.2) is 0 Å². The van der Waals surface area contributed by atoms with Crippen molar-refractivity contribution in [3.63, 3.8) is 0 Å². The average molecular weight is 129 g/mol. The van der Waals surface area contributed by atoms with E-state index in [9.17, 15) is 4.39 Å². The van der Waals surface area contributed by atoms with Gasteiger partial charge >= 0.3 is 0 Å². The summed E-state index contributed by atoms with van der Waals surface area (Å²) in [6.07, 6.45) is 2.27. The van der Waals surface area contributed by atoms with Crippen molar-refractivity contribution in [3.05, 3.63) is 0 Å². The van der Waals surface area contributed by atoms with Gasteiger partial charge in [0, 0.05) is 12.0 Å². The normalized spacial score (nSPS) is 48.3. The predicted octanol–water partition coefficient (Wildman–Crippen LogP) is 0.956. The first kappa shape index (κ1) is 5.66. The number of nitrogens with one attached hydrogen (secondary N) is 1. The first-order chi connectivity index (χ1) is 4.35. The van der Waals surface area contributed by atoms with Crippen LogP contribution >= 0.6 is 0 Å². The predicted molar refractivity (Wildman–Crippen MR) is 34.0 cm³/mol. The van der Waals surface area contributed by atoms with Gasteiger partial charge in [-0.2, -0.15) is 0 Å². The summed E-state index contributed by atoms with van der Waals surface area (Å²) in [5.41, 5.74) is 0.0862. The van der Waals surface area contributed by atoms with Crippen molar-refractivity contribution < 1.29 is 4.39 Å². The minimum absolute atomic E-state index is 0.0862. The Balaban J connectivity index is 2.02. The van der Waals surface area contributed by atoms with E-state index in [0.29, 0.717) is 0 Å². The molecule has 9 heavy (non-hydrogen) atoms. The fraction of sp³-hybridized carbons (Fsp3) is 1.00. The van der Waals surface area contributed by atoms with Crippen molar-refractivity contribution in [2.75, 3.05) is 19.8 Å². The van der Waals surface area contributed by atoms with Gasteiger partial charge in [-0.15, -0.1) is 0 Å². The molecule has 1 nitrogen and oxygen atoms in total. The minimum Gasteiger partial charge on any atom is -0.316 e. The van der Waals surface area contributed by atoms with E-state index in [0.717, 1.165) is 31.8 Å². The fourth-order valence-electron chi connectivity index (χ4n) is 2.15. The van der Waals surface area contributed by atoms with Crippen LogP contribution in [0.3, 0.4) is 0 Å². The zero-order valence-corrected chi connectivity index (χ0v) is 5.49. The summed E-state index contributed by atoms with van der Waals surface area (Å²) in [6.45, 7) is 1.93. The van der Waals surface area contributed by atoms with Crippen LogP contribution in [0.5, 0.6) is 0 Å². The van der Waals surface area contributed by atoms with Gasteiger partial charge in [-0.05, 0) is 25.3 Å². The lowest BCUT2D eigenvalue weighted by Gasteiger charge is -2.51. The lowest BCUT2D eigenvalue weighted by atomic mass is 9.60. The monoisotopic (exact) mass is 129 g/mol. The summed E-state index contributed by atoms with van der Waals surface area (Å²) >= 11 is 0. The van der Waals surface area contributed by atoms with E-state index >= 15 is 0 Å². The molecule has 1 N–H and O–H groups in total. The number of fused-ring (bicyclic) bond motifs is 2. The molecule has 3 aliphatic rings. The number of alkyl halides is 1. The molecular formula is C7H12FN. The van der Waals surface area contributed by atoms with Gasteiger partial charge in [-0.1, -0.05) is 0 Å². The summed E-state index contributed by atoms with van der Waals surface area (Å²) in [5, 5.41) is 3.24. The van der Waals surface area contributed by atoms with E-state index in [1.165, 1.54) is 0 Å². The van der Waals surface area contributed by atoms with E-state index in [-0.39, 0.29) is 12.1 Å². The molecule has 0 unspecified atom stereocenters. The Labute approximate surface area is 54.6 Å². The number of rotatable bonds is 1. The SMILES string of the molecule is FCC12CNCC(C1)C2. The third kappa shape index (κ3) is 0.692. The highest BCUT2D eigenvalue weighted by molar-refractivity contribution is 4.99. The number of hydrogen-bond acceptors (Lipinski definition) is 1. The number of piperidine rings is 2. The first-order valence-corrected chi connectivity index (χ1v) is 3.61. The zero-order valence-electron chi connectivity index (χ0n) is 5.49. The van der Waals surface area contributed by atoms with Gasteiger partial charge in [0.05, 0.1) is 6.67 Å². The van der Waals surface area contributed by atoms with Gasteiger partial charge in [0.1, 0.15) is 0 Å². The third-order valence-electron chi connectivity index (χ3n) is 2.66. The van der Waals surface area contributed by atoms with Crippen LogP contribution in [0.4, 0.5) is 4.39 Å². The zero-order chi connectivity index (χ0) is 6.32. The van der Waals surface area contributed by atoms with E-state index in [2.05, 4.69) is 5.32 Å². The summed E-state index contributed by atoms with van der Waals surface area (Å²) in [6, 6.07) is 0. The van der Waals surface area contributed by atoms with Gasteiger partial charge in [-0.25, -0.2) is 0 Å². The Morgan fingerprint density at radius 2 is 2.33 bits per heavy atom. The molecule has 2 bridgehead atoms. The molecule has 2 heteroatoms. The molecule has 1 aliphatic carbocycles. The maximum atomic E-state index is 12.3. The summed E-state index contributed by atoms with van der Waals surface area (Å²) < 4.78 is 12.3. The van der Waals surface area contributed by atoms with E-state index in [1.54, 1.807) is 0 Å². The van der Waals surface area contributed by atoms with Crippen molar-refractivity contribution in [3.8, 4) is 0 Å². The first-order valence-electron chi connectivity index (χ1n) is 3.61. The Morgan fingerprint density at radius 1 is 1.56 bits per heavy atom. The maximum absolute atomic E-state index is 12.3. The van der Waals surface area contributed by atoms with Gasteiger partial charge in [0.2, 0.25) is 0 Å². The molecule has 0 amide bonds. The van der Waals surface area contributed by atoms with E-state index in [1.807, 2.05) is 0 Å². The molecule has 1 saturated carbocycles. The van der Waals surface area contributed by atoms with Crippen molar-refractivity contribution in [1.29, 1.82) is 0 Å². The number of hydrogen-bond donors (Lipinski definition) is 1. The van der Waals surface area contributed by atoms with Crippen LogP contribution in [0.1, 0.15) is 12.8 Å². The molecule has 0 radical (unpaired) electrons. The third-order valence-corrected chi connectivity index (χ3v) is 2.66. The minimum atomic E-state index is -0.115. The van der Waals surface area contributed by atoms with Gasteiger partial charge in [0.15, 0.2) is 0 Å². The molecule has 3 fully saturated rings. The Hall–Kier alpha value is -0.110. The Kier molecular flexibility index (Phi) is 1.06.